The zero-order valence-corrected chi connectivity index (χ0v) is 18.9. The van der Waals surface area contributed by atoms with Gasteiger partial charge in [0.05, 0.1) is 0 Å². The van der Waals surface area contributed by atoms with Crippen molar-refractivity contribution in [2.75, 3.05) is 13.1 Å². The lowest BCUT2D eigenvalue weighted by atomic mass is 9.62. The number of aryl methyl sites for hydroxylation is 2. The van der Waals surface area contributed by atoms with E-state index in [0.717, 1.165) is 22.3 Å². The van der Waals surface area contributed by atoms with Crippen molar-refractivity contribution < 1.29 is 14.4 Å². The van der Waals surface area contributed by atoms with Crippen molar-refractivity contribution in [2.45, 2.75) is 52.4 Å². The molecule has 32 heavy (non-hydrogen) atoms. The normalized spacial score (nSPS) is 18.4. The Labute approximate surface area is 189 Å². The number of hydrogen-bond donors (Lipinski definition) is 0. The Morgan fingerprint density at radius 2 is 1.69 bits per heavy atom. The van der Waals surface area contributed by atoms with Gasteiger partial charge in [0.2, 0.25) is 0 Å². The predicted octanol–water partition coefficient (Wildman–Crippen LogP) is 4.01. The molecule has 0 N–H and O–H groups in total. The number of benzene rings is 1. The van der Waals surface area contributed by atoms with Crippen LogP contribution in [-0.4, -0.2) is 40.4 Å². The molecule has 5 nitrogen and oxygen atoms in total. The molecule has 0 atom stereocenters. The Morgan fingerprint density at radius 1 is 1.06 bits per heavy atom. The Balaban J connectivity index is 1.49. The summed E-state index contributed by atoms with van der Waals surface area (Å²) in [6, 6.07) is 9.23. The molecule has 1 saturated heterocycles. The second kappa shape index (κ2) is 8.70. The number of amides is 1. The fourth-order valence-corrected chi connectivity index (χ4v) is 5.34. The molecule has 4 rings (SSSR count). The fraction of sp³-hybridized carbons (Fsp3) is 0.407. The van der Waals surface area contributed by atoms with E-state index in [0.29, 0.717) is 44.5 Å². The highest BCUT2D eigenvalue weighted by molar-refractivity contribution is 6.10. The van der Waals surface area contributed by atoms with Crippen molar-refractivity contribution in [3.05, 3.63) is 64.5 Å². The average molecular weight is 429 g/mol. The molecule has 5 heteroatoms. The molecule has 0 bridgehead atoms. The Bertz CT molecular complexity index is 1090. The molecule has 0 unspecified atom stereocenters. The van der Waals surface area contributed by atoms with Gasteiger partial charge in [0.25, 0.3) is 5.91 Å². The highest BCUT2D eigenvalue weighted by atomic mass is 16.2. The predicted molar refractivity (Wildman–Crippen MR) is 122 cm³/mol. The number of aromatic nitrogens is 1. The number of Topliss-reactive ketones (excluding diaryl/α,β-unsaturated/α-hetero) is 2. The first-order chi connectivity index (χ1) is 15.3. The molecule has 1 saturated carbocycles. The van der Waals surface area contributed by atoms with Gasteiger partial charge in [0.1, 0.15) is 23.2 Å². The summed E-state index contributed by atoms with van der Waals surface area (Å²) < 4.78 is 0. The summed E-state index contributed by atoms with van der Waals surface area (Å²) in [7, 11) is 0. The standard InChI is InChI=1S/C27H28N2O3/c1-4-7-20-14-18(2)24(19(3)15-20)25-22(30)16-27(17-23(25)31)9-12-29(13-10-27)26(32)21-8-5-6-11-28-21/h5-6,8,11,14-15,25H,9-10,12-13,16-17H2,1-3H3. The highest BCUT2D eigenvalue weighted by Crippen LogP contribution is 2.46. The highest BCUT2D eigenvalue weighted by Gasteiger charge is 2.47. The molecule has 1 aromatic carbocycles. The smallest absolute Gasteiger partial charge is 0.272 e. The van der Waals surface area contributed by atoms with Crippen LogP contribution in [0.15, 0.2) is 36.5 Å². The molecule has 2 fully saturated rings. The first kappa shape index (κ1) is 22.0. The molecule has 1 aromatic heterocycles. The molecule has 2 aliphatic rings. The van der Waals surface area contributed by atoms with Gasteiger partial charge in [0.15, 0.2) is 0 Å². The van der Waals surface area contributed by atoms with Gasteiger partial charge in [-0.05, 0) is 80.0 Å². The topological polar surface area (TPSA) is 67.3 Å². The molecular formula is C27H28N2O3. The van der Waals surface area contributed by atoms with E-state index in [2.05, 4.69) is 16.8 Å². The Morgan fingerprint density at radius 3 is 2.22 bits per heavy atom. The third kappa shape index (κ3) is 4.10. The number of carbonyl (C=O) groups excluding carboxylic acids is 3. The van der Waals surface area contributed by atoms with E-state index in [9.17, 15) is 14.4 Å². The number of ketones is 2. The van der Waals surface area contributed by atoms with Crippen LogP contribution in [0, 0.1) is 31.1 Å². The summed E-state index contributed by atoms with van der Waals surface area (Å²) in [6.07, 6.45) is 3.73. The van der Waals surface area contributed by atoms with Gasteiger partial charge in [-0.15, -0.1) is 5.92 Å². The maximum absolute atomic E-state index is 13.3. The van der Waals surface area contributed by atoms with E-state index in [-0.39, 0.29) is 22.9 Å². The van der Waals surface area contributed by atoms with Crippen LogP contribution in [0.3, 0.4) is 0 Å². The molecule has 1 aliphatic carbocycles. The van der Waals surface area contributed by atoms with Crippen molar-refractivity contribution in [3.8, 4) is 11.8 Å². The third-order valence-electron chi connectivity index (χ3n) is 6.89. The van der Waals surface area contributed by atoms with E-state index in [1.165, 1.54) is 0 Å². The SMILES string of the molecule is CC#Cc1cc(C)c(C2C(=O)CC3(CCN(C(=O)c4ccccn4)CC3)CC2=O)c(C)c1. The number of nitrogens with zero attached hydrogens (tertiary/aromatic N) is 2. The van der Waals surface area contributed by atoms with E-state index >= 15 is 0 Å². The van der Waals surface area contributed by atoms with Gasteiger partial charge >= 0.3 is 0 Å². The third-order valence-corrected chi connectivity index (χ3v) is 6.89. The maximum Gasteiger partial charge on any atom is 0.272 e. The largest absolute Gasteiger partial charge is 0.337 e. The number of carbonyl (C=O) groups is 3. The minimum atomic E-state index is -0.683. The van der Waals surface area contributed by atoms with Crippen LogP contribution in [0.1, 0.15) is 71.3 Å². The lowest BCUT2D eigenvalue weighted by Crippen LogP contribution is -2.48. The minimum absolute atomic E-state index is 0.00581. The summed E-state index contributed by atoms with van der Waals surface area (Å²) in [5.41, 5.74) is 3.74. The minimum Gasteiger partial charge on any atom is -0.337 e. The van der Waals surface area contributed by atoms with Crippen molar-refractivity contribution in [1.29, 1.82) is 0 Å². The van der Waals surface area contributed by atoms with E-state index < -0.39 is 5.92 Å². The molecule has 0 radical (unpaired) electrons. The number of likely N-dealkylation sites (tertiary alicyclic amines) is 1. The van der Waals surface area contributed by atoms with Crippen LogP contribution in [0.5, 0.6) is 0 Å². The van der Waals surface area contributed by atoms with Crippen LogP contribution >= 0.6 is 0 Å². The van der Waals surface area contributed by atoms with Gasteiger partial charge < -0.3 is 4.90 Å². The van der Waals surface area contributed by atoms with E-state index in [1.54, 1.807) is 36.2 Å². The molecule has 2 aromatic rings. The fourth-order valence-electron chi connectivity index (χ4n) is 5.34. The zero-order valence-electron chi connectivity index (χ0n) is 18.9. The average Bonchev–Trinajstić information content (AvgIpc) is 2.76. The molecule has 1 spiro atoms. The summed E-state index contributed by atoms with van der Waals surface area (Å²) >= 11 is 0. The molecule has 1 aliphatic heterocycles. The quantitative estimate of drug-likeness (QED) is 0.535. The lowest BCUT2D eigenvalue weighted by molar-refractivity contribution is -0.138. The number of pyridine rings is 1. The first-order valence-corrected chi connectivity index (χ1v) is 11.1. The van der Waals surface area contributed by atoms with Gasteiger partial charge in [-0.3, -0.25) is 19.4 Å². The molecular weight excluding hydrogens is 400 g/mol. The molecule has 164 valence electrons. The lowest BCUT2D eigenvalue weighted by Gasteiger charge is -2.44. The Kier molecular flexibility index (Phi) is 5.97. The van der Waals surface area contributed by atoms with Crippen LogP contribution in [0.4, 0.5) is 0 Å². The summed E-state index contributed by atoms with van der Waals surface area (Å²) in [5.74, 6) is 5.20. The summed E-state index contributed by atoms with van der Waals surface area (Å²) in [5, 5.41) is 0. The molecule has 1 amide bonds. The van der Waals surface area contributed by atoms with Gasteiger partial charge in [-0.2, -0.15) is 0 Å². The monoisotopic (exact) mass is 428 g/mol. The van der Waals surface area contributed by atoms with Crippen molar-refractivity contribution in [1.82, 2.24) is 9.88 Å². The van der Waals surface area contributed by atoms with E-state index in [4.69, 9.17) is 0 Å². The second-order valence-electron chi connectivity index (χ2n) is 9.13. The molecule has 2 heterocycles. The maximum atomic E-state index is 13.3. The number of hydrogen-bond acceptors (Lipinski definition) is 4. The van der Waals surface area contributed by atoms with Crippen molar-refractivity contribution in [2.24, 2.45) is 5.41 Å². The van der Waals surface area contributed by atoms with Gasteiger partial charge in [0, 0.05) is 37.7 Å². The summed E-state index contributed by atoms with van der Waals surface area (Å²) in [4.78, 5) is 45.2. The Hall–Kier alpha value is -3.26. The van der Waals surface area contributed by atoms with Crippen LogP contribution in [-0.2, 0) is 9.59 Å². The van der Waals surface area contributed by atoms with Crippen molar-refractivity contribution >= 4 is 17.5 Å². The van der Waals surface area contributed by atoms with Crippen LogP contribution in [0.2, 0.25) is 0 Å². The number of rotatable bonds is 2. The van der Waals surface area contributed by atoms with Crippen LogP contribution < -0.4 is 0 Å². The number of piperidine rings is 1. The summed E-state index contributed by atoms with van der Waals surface area (Å²) in [6.45, 7) is 6.79. The van der Waals surface area contributed by atoms with Crippen LogP contribution in [0.25, 0.3) is 0 Å². The van der Waals surface area contributed by atoms with Gasteiger partial charge in [-0.1, -0.05) is 12.0 Å². The van der Waals surface area contributed by atoms with Crippen molar-refractivity contribution in [3.63, 3.8) is 0 Å². The first-order valence-electron chi connectivity index (χ1n) is 11.1. The zero-order chi connectivity index (χ0) is 22.9. The van der Waals surface area contributed by atoms with E-state index in [1.807, 2.05) is 26.0 Å². The second-order valence-corrected chi connectivity index (χ2v) is 9.13. The van der Waals surface area contributed by atoms with Gasteiger partial charge in [-0.25, -0.2) is 0 Å².